The molecule has 0 heterocycles. The second kappa shape index (κ2) is 5.38. The third-order valence-corrected chi connectivity index (χ3v) is 2.12. The first-order valence-corrected chi connectivity index (χ1v) is 4.22. The molecular formula is C7H12O2S. The molecule has 0 bridgehead atoms. The summed E-state index contributed by atoms with van der Waals surface area (Å²) in [7, 11) is 0. The number of rotatable bonds is 5. The normalized spacial score (nSPS) is 15.7. The molecule has 10 heavy (non-hydrogen) atoms. The number of hydrogen-bond acceptors (Lipinski definition) is 1. The van der Waals surface area contributed by atoms with Crippen molar-refractivity contribution in [2.45, 2.75) is 18.1 Å². The maximum atomic E-state index is 10.4. The minimum absolute atomic E-state index is 0.307. The summed E-state index contributed by atoms with van der Waals surface area (Å²) in [6.45, 7) is 6.96. The van der Waals surface area contributed by atoms with Gasteiger partial charge in [0.05, 0.1) is 5.25 Å². The predicted molar refractivity (Wildman–Crippen MR) is 44.2 cm³/mol. The van der Waals surface area contributed by atoms with E-state index >= 15 is 0 Å². The van der Waals surface area contributed by atoms with Gasteiger partial charge in [-0.05, 0) is 12.8 Å². The Bertz CT molecular complexity index is 143. The van der Waals surface area contributed by atoms with Crippen molar-refractivity contribution in [3.8, 4) is 0 Å². The molecule has 1 N–H and O–H groups in total. The fourth-order valence-corrected chi connectivity index (χ4v) is 1.09. The van der Waals surface area contributed by atoms with Crippen molar-refractivity contribution in [3.63, 3.8) is 0 Å². The lowest BCUT2D eigenvalue weighted by Crippen LogP contribution is -2.09. The lowest BCUT2D eigenvalue weighted by Gasteiger charge is -2.03. The predicted octanol–water partition coefficient (Wildman–Crippen LogP) is 1.73. The molecule has 3 heteroatoms. The van der Waals surface area contributed by atoms with Crippen molar-refractivity contribution >= 4 is 11.1 Å². The topological polar surface area (TPSA) is 37.3 Å². The lowest BCUT2D eigenvalue weighted by molar-refractivity contribution is 0.552. The van der Waals surface area contributed by atoms with Gasteiger partial charge < -0.3 is 4.55 Å². The van der Waals surface area contributed by atoms with Gasteiger partial charge in [-0.2, -0.15) is 0 Å². The van der Waals surface area contributed by atoms with Gasteiger partial charge in [-0.25, -0.2) is 4.21 Å². The van der Waals surface area contributed by atoms with Gasteiger partial charge in [0.25, 0.3) is 0 Å². The first kappa shape index (κ1) is 9.59. The molecule has 2 unspecified atom stereocenters. The quantitative estimate of drug-likeness (QED) is 0.491. The standard InChI is InChI=1S/C7H12O2S/c1-3-5-6-7(4-2)10(8)9/h3-4,7H,1-2,5-6H2,(H,8,9). The van der Waals surface area contributed by atoms with Gasteiger partial charge in [-0.3, -0.25) is 0 Å². The van der Waals surface area contributed by atoms with Crippen LogP contribution in [0, 0.1) is 0 Å². The third kappa shape index (κ3) is 3.58. The molecular weight excluding hydrogens is 148 g/mol. The zero-order chi connectivity index (χ0) is 7.98. The van der Waals surface area contributed by atoms with E-state index in [1.807, 2.05) is 0 Å². The van der Waals surface area contributed by atoms with Gasteiger partial charge in [-0.1, -0.05) is 12.2 Å². The van der Waals surface area contributed by atoms with E-state index in [0.717, 1.165) is 6.42 Å². The zero-order valence-corrected chi connectivity index (χ0v) is 6.64. The van der Waals surface area contributed by atoms with Crippen molar-refractivity contribution in [3.05, 3.63) is 25.3 Å². The second-order valence-electron chi connectivity index (χ2n) is 1.92. The van der Waals surface area contributed by atoms with Crippen LogP contribution >= 0.6 is 0 Å². The molecule has 2 atom stereocenters. The Morgan fingerprint density at radius 1 is 1.60 bits per heavy atom. The Hall–Kier alpha value is -0.410. The Morgan fingerprint density at radius 2 is 2.20 bits per heavy atom. The van der Waals surface area contributed by atoms with Gasteiger partial charge in [0.2, 0.25) is 0 Å². The van der Waals surface area contributed by atoms with Crippen LogP contribution in [0.4, 0.5) is 0 Å². The van der Waals surface area contributed by atoms with Crippen molar-refractivity contribution in [1.82, 2.24) is 0 Å². The van der Waals surface area contributed by atoms with Crippen LogP contribution in [0.5, 0.6) is 0 Å². The average Bonchev–Trinajstić information content (AvgIpc) is 1.89. The average molecular weight is 160 g/mol. The maximum absolute atomic E-state index is 10.4. The molecule has 2 nitrogen and oxygen atoms in total. The van der Waals surface area contributed by atoms with Crippen LogP contribution in [0.1, 0.15) is 12.8 Å². The highest BCUT2D eigenvalue weighted by atomic mass is 32.2. The smallest absolute Gasteiger partial charge is 0.159 e. The maximum Gasteiger partial charge on any atom is 0.159 e. The Kier molecular flexibility index (Phi) is 5.16. The highest BCUT2D eigenvalue weighted by molar-refractivity contribution is 7.80. The first-order chi connectivity index (χ1) is 4.72. The van der Waals surface area contributed by atoms with E-state index in [-0.39, 0.29) is 5.25 Å². The van der Waals surface area contributed by atoms with Gasteiger partial charge >= 0.3 is 0 Å². The Morgan fingerprint density at radius 3 is 2.50 bits per heavy atom. The van der Waals surface area contributed by atoms with Crippen molar-refractivity contribution < 1.29 is 8.76 Å². The van der Waals surface area contributed by atoms with Crippen LogP contribution in [0.3, 0.4) is 0 Å². The molecule has 0 aromatic rings. The summed E-state index contributed by atoms with van der Waals surface area (Å²) < 4.78 is 19.0. The first-order valence-electron chi connectivity index (χ1n) is 3.05. The van der Waals surface area contributed by atoms with E-state index in [9.17, 15) is 4.21 Å². The zero-order valence-electron chi connectivity index (χ0n) is 5.82. The van der Waals surface area contributed by atoms with Crippen LogP contribution in [0.25, 0.3) is 0 Å². The van der Waals surface area contributed by atoms with E-state index in [1.165, 1.54) is 6.08 Å². The second-order valence-corrected chi connectivity index (χ2v) is 3.07. The third-order valence-electron chi connectivity index (χ3n) is 1.18. The minimum atomic E-state index is -1.77. The molecule has 0 fully saturated rings. The number of allylic oxidation sites excluding steroid dienone is 1. The van der Waals surface area contributed by atoms with Gasteiger partial charge in [0.15, 0.2) is 11.1 Å². The molecule has 0 spiro atoms. The molecule has 58 valence electrons. The van der Waals surface area contributed by atoms with Crippen LogP contribution in [0.15, 0.2) is 25.3 Å². The summed E-state index contributed by atoms with van der Waals surface area (Å²) in [5.41, 5.74) is 0. The molecule has 0 amide bonds. The van der Waals surface area contributed by atoms with Crippen molar-refractivity contribution in [2.24, 2.45) is 0 Å². The van der Waals surface area contributed by atoms with E-state index in [1.54, 1.807) is 6.08 Å². The summed E-state index contributed by atoms with van der Waals surface area (Å²) in [4.78, 5) is 0. The minimum Gasteiger partial charge on any atom is -0.306 e. The fourth-order valence-electron chi connectivity index (χ4n) is 0.583. The van der Waals surface area contributed by atoms with Crippen LogP contribution in [0.2, 0.25) is 0 Å². The molecule has 0 aliphatic carbocycles. The SMILES string of the molecule is C=CCCC(C=C)S(=O)O. The highest BCUT2D eigenvalue weighted by Crippen LogP contribution is 2.04. The highest BCUT2D eigenvalue weighted by Gasteiger charge is 2.07. The summed E-state index contributed by atoms with van der Waals surface area (Å²) >= 11 is -1.77. The number of hydrogen-bond donors (Lipinski definition) is 1. The molecule has 0 saturated heterocycles. The molecule has 0 radical (unpaired) electrons. The molecule has 0 aromatic carbocycles. The molecule has 0 aromatic heterocycles. The van der Waals surface area contributed by atoms with Crippen LogP contribution in [-0.2, 0) is 11.1 Å². The molecule has 0 aliphatic rings. The summed E-state index contributed by atoms with van der Waals surface area (Å²) in [5, 5.41) is -0.307. The van der Waals surface area contributed by atoms with Crippen molar-refractivity contribution in [1.29, 1.82) is 0 Å². The summed E-state index contributed by atoms with van der Waals surface area (Å²) in [6, 6.07) is 0. The van der Waals surface area contributed by atoms with E-state index in [4.69, 9.17) is 4.55 Å². The van der Waals surface area contributed by atoms with E-state index in [0.29, 0.717) is 6.42 Å². The summed E-state index contributed by atoms with van der Waals surface area (Å²) in [6.07, 6.45) is 4.63. The largest absolute Gasteiger partial charge is 0.306 e. The van der Waals surface area contributed by atoms with E-state index in [2.05, 4.69) is 13.2 Å². The van der Waals surface area contributed by atoms with Gasteiger partial charge in [0, 0.05) is 0 Å². The molecule has 0 rings (SSSR count). The van der Waals surface area contributed by atoms with Crippen molar-refractivity contribution in [2.75, 3.05) is 0 Å². The Labute approximate surface area is 63.9 Å². The summed E-state index contributed by atoms with van der Waals surface area (Å²) in [5.74, 6) is 0. The van der Waals surface area contributed by atoms with E-state index < -0.39 is 11.1 Å². The lowest BCUT2D eigenvalue weighted by atomic mass is 10.2. The van der Waals surface area contributed by atoms with Crippen LogP contribution in [-0.4, -0.2) is 14.0 Å². The molecule has 0 saturated carbocycles. The Balaban J connectivity index is 3.71. The monoisotopic (exact) mass is 160 g/mol. The van der Waals surface area contributed by atoms with Crippen LogP contribution < -0.4 is 0 Å². The fraction of sp³-hybridized carbons (Fsp3) is 0.429. The molecule has 0 aliphatic heterocycles. The van der Waals surface area contributed by atoms with Gasteiger partial charge in [0.1, 0.15) is 0 Å². The van der Waals surface area contributed by atoms with Gasteiger partial charge in [-0.15, -0.1) is 13.2 Å².